The van der Waals surface area contributed by atoms with E-state index in [2.05, 4.69) is 61.7 Å². The number of carbonyl (C=O) groups is 1. The third-order valence-corrected chi connectivity index (χ3v) is 6.67. The summed E-state index contributed by atoms with van der Waals surface area (Å²) in [7, 11) is 3.16. The van der Waals surface area contributed by atoms with E-state index in [9.17, 15) is 4.79 Å². The van der Waals surface area contributed by atoms with E-state index in [1.165, 1.54) is 5.56 Å². The van der Waals surface area contributed by atoms with E-state index in [4.69, 9.17) is 9.47 Å². The zero-order chi connectivity index (χ0) is 25.6. The van der Waals surface area contributed by atoms with Crippen molar-refractivity contribution in [2.45, 2.75) is 6.42 Å². The Morgan fingerprint density at radius 2 is 1.54 bits per heavy atom. The first-order chi connectivity index (χ1) is 18.1. The summed E-state index contributed by atoms with van der Waals surface area (Å²) in [5.41, 5.74) is 2.88. The number of piperazine rings is 1. The number of rotatable bonds is 8. The van der Waals surface area contributed by atoms with Crippen molar-refractivity contribution >= 4 is 28.2 Å². The molecular weight excluding hydrogens is 466 g/mol. The van der Waals surface area contributed by atoms with Crippen LogP contribution in [0.5, 0.6) is 11.5 Å². The number of methoxy groups -OCH3 is 2. The van der Waals surface area contributed by atoms with Gasteiger partial charge in [0.15, 0.2) is 17.3 Å². The summed E-state index contributed by atoms with van der Waals surface area (Å²) < 4.78 is 10.6. The fourth-order valence-electron chi connectivity index (χ4n) is 4.73. The number of nitrogens with zero attached hydrogens (tertiary/aromatic N) is 4. The van der Waals surface area contributed by atoms with Crippen LogP contribution in [0.2, 0.25) is 0 Å². The minimum absolute atomic E-state index is 0.0591. The zero-order valence-electron chi connectivity index (χ0n) is 21.2. The minimum atomic E-state index is -0.0591. The second-order valence-corrected chi connectivity index (χ2v) is 9.06. The van der Waals surface area contributed by atoms with Gasteiger partial charge in [0.1, 0.15) is 0 Å². The predicted octanol–water partition coefficient (Wildman–Crippen LogP) is 4.00. The van der Waals surface area contributed by atoms with Gasteiger partial charge in [-0.25, -0.2) is 0 Å². The third kappa shape index (κ3) is 5.65. The fraction of sp³-hybridized carbons (Fsp3) is 0.276. The van der Waals surface area contributed by atoms with E-state index in [0.29, 0.717) is 23.7 Å². The van der Waals surface area contributed by atoms with Gasteiger partial charge < -0.3 is 19.7 Å². The highest BCUT2D eigenvalue weighted by atomic mass is 16.5. The Bertz CT molecular complexity index is 1370. The van der Waals surface area contributed by atoms with E-state index >= 15 is 0 Å². The second-order valence-electron chi connectivity index (χ2n) is 9.06. The Kier molecular flexibility index (Phi) is 7.46. The molecule has 1 aromatic heterocycles. The van der Waals surface area contributed by atoms with Gasteiger partial charge in [-0.3, -0.25) is 9.69 Å². The molecule has 2 heterocycles. The smallest absolute Gasteiger partial charge is 0.238 e. The summed E-state index contributed by atoms with van der Waals surface area (Å²) in [6.45, 7) is 3.41. The molecule has 1 amide bonds. The molecule has 3 aromatic carbocycles. The third-order valence-electron chi connectivity index (χ3n) is 6.67. The van der Waals surface area contributed by atoms with Gasteiger partial charge in [-0.05, 0) is 17.7 Å². The van der Waals surface area contributed by atoms with Crippen LogP contribution in [0, 0.1) is 0 Å². The van der Waals surface area contributed by atoms with E-state index < -0.39 is 0 Å². The van der Waals surface area contributed by atoms with E-state index in [1.807, 2.05) is 24.3 Å². The number of hydrogen-bond acceptors (Lipinski definition) is 7. The summed E-state index contributed by atoms with van der Waals surface area (Å²) >= 11 is 0. The molecule has 37 heavy (non-hydrogen) atoms. The number of fused-ring (bicyclic) bond motifs is 1. The quantitative estimate of drug-likeness (QED) is 0.394. The van der Waals surface area contributed by atoms with Crippen molar-refractivity contribution in [3.8, 4) is 11.5 Å². The molecule has 0 unspecified atom stereocenters. The second kappa shape index (κ2) is 11.3. The van der Waals surface area contributed by atoms with E-state index in [0.717, 1.165) is 54.9 Å². The number of ether oxygens (including phenoxy) is 2. The molecule has 1 aliphatic rings. The highest BCUT2D eigenvalue weighted by Crippen LogP contribution is 2.30. The molecule has 8 nitrogen and oxygen atoms in total. The molecule has 1 N–H and O–H groups in total. The average molecular weight is 498 g/mol. The Labute approximate surface area is 216 Å². The standard InChI is InChI=1S/C29H31N5O3/c1-36-26-13-12-22(19-27(26)37-2)30-28(35)20-33-14-16-34(17-15-33)29-24-11-7-6-10-23(24)25(31-32-29)18-21-8-4-3-5-9-21/h3-13,19H,14-18,20H2,1-2H3,(H,30,35). The van der Waals surface area contributed by atoms with Crippen LogP contribution >= 0.6 is 0 Å². The van der Waals surface area contributed by atoms with Crippen molar-refractivity contribution in [2.75, 3.05) is 57.2 Å². The van der Waals surface area contributed by atoms with Crippen LogP contribution in [-0.4, -0.2) is 67.9 Å². The van der Waals surface area contributed by atoms with Gasteiger partial charge >= 0.3 is 0 Å². The predicted molar refractivity (Wildman–Crippen MR) is 146 cm³/mol. The highest BCUT2D eigenvalue weighted by molar-refractivity contribution is 5.94. The Morgan fingerprint density at radius 3 is 2.27 bits per heavy atom. The van der Waals surface area contributed by atoms with Gasteiger partial charge in [0.25, 0.3) is 0 Å². The molecule has 1 aliphatic heterocycles. The van der Waals surface area contributed by atoms with Crippen molar-refractivity contribution in [1.29, 1.82) is 0 Å². The molecule has 0 spiro atoms. The lowest BCUT2D eigenvalue weighted by molar-refractivity contribution is -0.117. The maximum atomic E-state index is 12.7. The first-order valence-electron chi connectivity index (χ1n) is 12.4. The van der Waals surface area contributed by atoms with Gasteiger partial charge in [0, 0.05) is 55.1 Å². The summed E-state index contributed by atoms with van der Waals surface area (Å²) in [6, 6.07) is 24.1. The SMILES string of the molecule is COc1ccc(NC(=O)CN2CCN(c3nnc(Cc4ccccc4)c4ccccc34)CC2)cc1OC. The lowest BCUT2D eigenvalue weighted by atomic mass is 10.0. The van der Waals surface area contributed by atoms with Crippen LogP contribution in [0.4, 0.5) is 11.5 Å². The molecule has 8 heteroatoms. The average Bonchev–Trinajstić information content (AvgIpc) is 2.94. The number of aromatic nitrogens is 2. The van der Waals surface area contributed by atoms with E-state index in [1.54, 1.807) is 26.4 Å². The van der Waals surface area contributed by atoms with E-state index in [-0.39, 0.29) is 5.91 Å². The summed E-state index contributed by atoms with van der Waals surface area (Å²) in [4.78, 5) is 17.1. The topological polar surface area (TPSA) is 79.8 Å². The minimum Gasteiger partial charge on any atom is -0.493 e. The van der Waals surface area contributed by atoms with Crippen LogP contribution in [0.15, 0.2) is 72.8 Å². The van der Waals surface area contributed by atoms with Crippen molar-refractivity contribution < 1.29 is 14.3 Å². The fourth-order valence-corrected chi connectivity index (χ4v) is 4.73. The van der Waals surface area contributed by atoms with Crippen molar-refractivity contribution in [1.82, 2.24) is 15.1 Å². The molecule has 0 bridgehead atoms. The van der Waals surface area contributed by atoms with Crippen molar-refractivity contribution in [3.63, 3.8) is 0 Å². The molecule has 190 valence electrons. The van der Waals surface area contributed by atoms with Gasteiger partial charge in [0.05, 0.1) is 26.5 Å². The maximum Gasteiger partial charge on any atom is 0.238 e. The number of benzene rings is 3. The largest absolute Gasteiger partial charge is 0.493 e. The summed E-state index contributed by atoms with van der Waals surface area (Å²) in [5, 5.41) is 14.5. The Balaban J connectivity index is 1.22. The van der Waals surface area contributed by atoms with Crippen LogP contribution in [0.25, 0.3) is 10.8 Å². The number of amides is 1. The van der Waals surface area contributed by atoms with Crippen LogP contribution in [-0.2, 0) is 11.2 Å². The molecule has 5 rings (SSSR count). The maximum absolute atomic E-state index is 12.7. The van der Waals surface area contributed by atoms with Crippen molar-refractivity contribution in [2.24, 2.45) is 0 Å². The summed E-state index contributed by atoms with van der Waals surface area (Å²) in [6.07, 6.45) is 0.748. The lowest BCUT2D eigenvalue weighted by Crippen LogP contribution is -2.49. The lowest BCUT2D eigenvalue weighted by Gasteiger charge is -2.35. The Hall–Kier alpha value is -4.17. The van der Waals surface area contributed by atoms with Crippen LogP contribution < -0.4 is 19.7 Å². The molecule has 0 radical (unpaired) electrons. The number of anilines is 2. The van der Waals surface area contributed by atoms with Gasteiger partial charge in [-0.2, -0.15) is 5.10 Å². The van der Waals surface area contributed by atoms with Gasteiger partial charge in [-0.1, -0.05) is 54.6 Å². The summed E-state index contributed by atoms with van der Waals surface area (Å²) in [5.74, 6) is 2.05. The molecule has 1 fully saturated rings. The Morgan fingerprint density at radius 1 is 0.838 bits per heavy atom. The van der Waals surface area contributed by atoms with Crippen LogP contribution in [0.1, 0.15) is 11.3 Å². The monoisotopic (exact) mass is 497 g/mol. The molecule has 1 saturated heterocycles. The number of hydrogen-bond donors (Lipinski definition) is 1. The molecule has 0 saturated carbocycles. The first kappa shape index (κ1) is 24.5. The molecular formula is C29H31N5O3. The van der Waals surface area contributed by atoms with Crippen LogP contribution in [0.3, 0.4) is 0 Å². The normalized spacial score (nSPS) is 13.9. The molecule has 0 atom stereocenters. The first-order valence-corrected chi connectivity index (χ1v) is 12.4. The number of nitrogens with one attached hydrogen (secondary N) is 1. The van der Waals surface area contributed by atoms with Gasteiger partial charge in [0.2, 0.25) is 5.91 Å². The highest BCUT2D eigenvalue weighted by Gasteiger charge is 2.22. The zero-order valence-corrected chi connectivity index (χ0v) is 21.2. The van der Waals surface area contributed by atoms with Gasteiger partial charge in [-0.15, -0.1) is 5.10 Å². The van der Waals surface area contributed by atoms with Crippen molar-refractivity contribution in [3.05, 3.63) is 84.1 Å². The molecule has 0 aliphatic carbocycles. The molecule has 4 aromatic rings. The number of carbonyl (C=O) groups excluding carboxylic acids is 1.